The molecule has 3 nitrogen and oxygen atoms in total. The van der Waals surface area contributed by atoms with Gasteiger partial charge in [-0.1, -0.05) is 17.7 Å². The number of rotatable bonds is 2. The maximum Gasteiger partial charge on any atom is 0.0857 e. The van der Waals surface area contributed by atoms with Crippen molar-refractivity contribution in [2.24, 2.45) is 5.73 Å². The van der Waals surface area contributed by atoms with Crippen molar-refractivity contribution in [1.82, 2.24) is 4.98 Å². The molecule has 1 heterocycles. The summed E-state index contributed by atoms with van der Waals surface area (Å²) in [6, 6.07) is 1.66. The number of nitrogen functional groups attached to an aromatic ring is 1. The first-order valence-electron chi connectivity index (χ1n) is 3.51. The molecule has 0 bridgehead atoms. The lowest BCUT2D eigenvalue weighted by Gasteiger charge is -1.98. The lowest BCUT2D eigenvalue weighted by atomic mass is 10.3. The van der Waals surface area contributed by atoms with E-state index in [9.17, 15) is 0 Å². The molecule has 0 aliphatic rings. The number of hydrogen-bond acceptors (Lipinski definition) is 3. The minimum atomic E-state index is 0.476. The maximum absolute atomic E-state index is 5.66. The Hall–Kier alpha value is -1.06. The van der Waals surface area contributed by atoms with Gasteiger partial charge in [0, 0.05) is 12.7 Å². The van der Waals surface area contributed by atoms with E-state index in [1.165, 1.54) is 0 Å². The van der Waals surface area contributed by atoms with Crippen LogP contribution in [-0.2, 0) is 0 Å². The Kier molecular flexibility index (Phi) is 3.08. The molecule has 0 spiro atoms. The van der Waals surface area contributed by atoms with Gasteiger partial charge < -0.3 is 11.5 Å². The average molecular weight is 184 g/mol. The normalized spacial score (nSPS) is 10.8. The van der Waals surface area contributed by atoms with Gasteiger partial charge in [0.25, 0.3) is 0 Å². The molecule has 4 heteroatoms. The third kappa shape index (κ3) is 2.22. The fourth-order valence-electron chi connectivity index (χ4n) is 0.784. The van der Waals surface area contributed by atoms with E-state index in [1.54, 1.807) is 24.4 Å². The maximum atomic E-state index is 5.66. The van der Waals surface area contributed by atoms with Crippen LogP contribution in [0.15, 0.2) is 18.3 Å². The summed E-state index contributed by atoms with van der Waals surface area (Å²) in [5.41, 5.74) is 12.2. The predicted octanol–water partition coefficient (Wildman–Crippen LogP) is 1.29. The summed E-state index contributed by atoms with van der Waals surface area (Å²) in [4.78, 5) is 4.02. The van der Waals surface area contributed by atoms with E-state index in [0.29, 0.717) is 22.9 Å². The Balaban J connectivity index is 2.94. The van der Waals surface area contributed by atoms with Crippen LogP contribution in [0, 0.1) is 0 Å². The quantitative estimate of drug-likeness (QED) is 0.726. The summed E-state index contributed by atoms with van der Waals surface area (Å²) < 4.78 is 0. The summed E-state index contributed by atoms with van der Waals surface area (Å²) in [5.74, 6) is 0. The molecule has 0 radical (unpaired) electrons. The molecule has 1 rings (SSSR count). The zero-order chi connectivity index (χ0) is 8.97. The third-order valence-corrected chi connectivity index (χ3v) is 1.53. The molecule has 0 amide bonds. The van der Waals surface area contributed by atoms with Crippen LogP contribution >= 0.6 is 11.6 Å². The van der Waals surface area contributed by atoms with Crippen LogP contribution in [0.1, 0.15) is 5.69 Å². The molecule has 0 saturated carbocycles. The van der Waals surface area contributed by atoms with Crippen molar-refractivity contribution in [1.29, 1.82) is 0 Å². The number of nitrogens with two attached hydrogens (primary N) is 2. The van der Waals surface area contributed by atoms with E-state index in [0.717, 1.165) is 0 Å². The number of hydrogen-bond donors (Lipinski definition) is 2. The van der Waals surface area contributed by atoms with Crippen LogP contribution in [0.5, 0.6) is 0 Å². The largest absolute Gasteiger partial charge is 0.397 e. The zero-order valence-corrected chi connectivity index (χ0v) is 7.25. The number of anilines is 1. The number of halogens is 1. The van der Waals surface area contributed by atoms with Crippen molar-refractivity contribution in [3.8, 4) is 0 Å². The molecule has 4 N–H and O–H groups in total. The van der Waals surface area contributed by atoms with Crippen LogP contribution in [-0.4, -0.2) is 11.5 Å². The lowest BCUT2D eigenvalue weighted by molar-refractivity contribution is 1.25. The van der Waals surface area contributed by atoms with Crippen LogP contribution in [0.2, 0.25) is 5.02 Å². The minimum absolute atomic E-state index is 0.476. The second-order valence-corrected chi connectivity index (χ2v) is 2.70. The second kappa shape index (κ2) is 4.09. The summed E-state index contributed by atoms with van der Waals surface area (Å²) in [6.45, 7) is 0.476. The van der Waals surface area contributed by atoms with Crippen molar-refractivity contribution < 1.29 is 0 Å². The van der Waals surface area contributed by atoms with Crippen molar-refractivity contribution >= 4 is 23.4 Å². The van der Waals surface area contributed by atoms with Crippen LogP contribution in [0.25, 0.3) is 6.08 Å². The van der Waals surface area contributed by atoms with E-state index in [4.69, 9.17) is 23.1 Å². The lowest BCUT2D eigenvalue weighted by Crippen LogP contribution is -1.95. The van der Waals surface area contributed by atoms with Crippen molar-refractivity contribution in [2.75, 3.05) is 12.3 Å². The number of aromatic nitrogens is 1. The van der Waals surface area contributed by atoms with Gasteiger partial charge in [-0.3, -0.25) is 4.98 Å². The smallest absolute Gasteiger partial charge is 0.0857 e. The first-order chi connectivity index (χ1) is 5.74. The highest BCUT2D eigenvalue weighted by atomic mass is 35.5. The molecule has 64 valence electrons. The average Bonchev–Trinajstić information content (AvgIpc) is 2.03. The van der Waals surface area contributed by atoms with E-state index in [2.05, 4.69) is 4.98 Å². The molecule has 0 aliphatic carbocycles. The minimum Gasteiger partial charge on any atom is -0.397 e. The van der Waals surface area contributed by atoms with Crippen molar-refractivity contribution in [3.05, 3.63) is 29.1 Å². The van der Waals surface area contributed by atoms with E-state index < -0.39 is 0 Å². The zero-order valence-electron chi connectivity index (χ0n) is 6.50. The van der Waals surface area contributed by atoms with Gasteiger partial charge in [0.2, 0.25) is 0 Å². The van der Waals surface area contributed by atoms with Gasteiger partial charge in [-0.2, -0.15) is 0 Å². The van der Waals surface area contributed by atoms with E-state index in [-0.39, 0.29) is 0 Å². The molecular weight excluding hydrogens is 174 g/mol. The molecule has 0 fully saturated rings. The first-order valence-corrected chi connectivity index (χ1v) is 3.89. The van der Waals surface area contributed by atoms with E-state index >= 15 is 0 Å². The summed E-state index contributed by atoms with van der Waals surface area (Å²) in [7, 11) is 0. The Morgan fingerprint density at radius 2 is 2.33 bits per heavy atom. The van der Waals surface area contributed by atoms with E-state index in [1.807, 2.05) is 0 Å². The standard InChI is InChI=1S/C8H10ClN3/c9-6-4-7(11)8(12-5-6)2-1-3-10/h1-2,4-5H,3,10-11H2. The highest BCUT2D eigenvalue weighted by Crippen LogP contribution is 2.15. The van der Waals surface area contributed by atoms with Crippen LogP contribution < -0.4 is 11.5 Å². The summed E-state index contributed by atoms with van der Waals surface area (Å²) >= 11 is 5.66. The monoisotopic (exact) mass is 183 g/mol. The SMILES string of the molecule is NCC=Cc1ncc(Cl)cc1N. The van der Waals surface area contributed by atoms with Gasteiger partial charge in [0.05, 0.1) is 16.4 Å². The molecule has 1 aromatic heterocycles. The first kappa shape index (κ1) is 9.03. The Bertz CT molecular complexity index is 296. The van der Waals surface area contributed by atoms with Gasteiger partial charge in [-0.25, -0.2) is 0 Å². The fraction of sp³-hybridized carbons (Fsp3) is 0.125. The highest BCUT2D eigenvalue weighted by molar-refractivity contribution is 6.30. The number of nitrogens with zero attached hydrogens (tertiary/aromatic N) is 1. The topological polar surface area (TPSA) is 64.9 Å². The van der Waals surface area contributed by atoms with Crippen LogP contribution in [0.3, 0.4) is 0 Å². The molecular formula is C8H10ClN3. The molecule has 1 aromatic rings. The predicted molar refractivity (Wildman–Crippen MR) is 51.7 cm³/mol. The van der Waals surface area contributed by atoms with Gasteiger partial charge in [-0.05, 0) is 12.1 Å². The highest BCUT2D eigenvalue weighted by Gasteiger charge is 1.96. The van der Waals surface area contributed by atoms with Gasteiger partial charge >= 0.3 is 0 Å². The summed E-state index contributed by atoms with van der Waals surface area (Å²) in [5, 5.41) is 0.539. The summed E-state index contributed by atoms with van der Waals surface area (Å²) in [6.07, 6.45) is 5.10. The van der Waals surface area contributed by atoms with Crippen molar-refractivity contribution in [3.63, 3.8) is 0 Å². The Morgan fingerprint density at radius 3 is 2.92 bits per heavy atom. The number of pyridine rings is 1. The fourth-order valence-corrected chi connectivity index (χ4v) is 0.951. The second-order valence-electron chi connectivity index (χ2n) is 2.27. The third-order valence-electron chi connectivity index (χ3n) is 1.33. The Morgan fingerprint density at radius 1 is 1.58 bits per heavy atom. The molecule has 0 aliphatic heterocycles. The van der Waals surface area contributed by atoms with Gasteiger partial charge in [-0.15, -0.1) is 0 Å². The van der Waals surface area contributed by atoms with Crippen molar-refractivity contribution in [2.45, 2.75) is 0 Å². The molecule has 0 aromatic carbocycles. The molecule has 0 saturated heterocycles. The van der Waals surface area contributed by atoms with Crippen LogP contribution in [0.4, 0.5) is 5.69 Å². The molecule has 12 heavy (non-hydrogen) atoms. The van der Waals surface area contributed by atoms with Gasteiger partial charge in [0.1, 0.15) is 0 Å². The Labute approximate surface area is 76.0 Å². The molecule has 0 unspecified atom stereocenters. The van der Waals surface area contributed by atoms with Gasteiger partial charge in [0.15, 0.2) is 0 Å². The molecule has 0 atom stereocenters.